The van der Waals surface area contributed by atoms with Crippen LogP contribution in [0.2, 0.25) is 5.02 Å². The lowest BCUT2D eigenvalue weighted by Crippen LogP contribution is -2.39. The van der Waals surface area contributed by atoms with E-state index in [1.165, 1.54) is 11.8 Å². The number of hydrazone groups is 1. The lowest BCUT2D eigenvalue weighted by atomic mass is 9.96. The normalized spacial score (nSPS) is 15.6. The van der Waals surface area contributed by atoms with E-state index < -0.39 is 0 Å². The number of benzene rings is 3. The Labute approximate surface area is 181 Å². The number of carbonyl (C=O) groups is 1. The van der Waals surface area contributed by atoms with E-state index >= 15 is 0 Å². The summed E-state index contributed by atoms with van der Waals surface area (Å²) in [5, 5.41) is 16.9. The maximum Gasteiger partial charge on any atom is 0.243 e. The third-order valence-electron chi connectivity index (χ3n) is 5.59. The van der Waals surface area contributed by atoms with Crippen LogP contribution in [-0.4, -0.2) is 35.2 Å². The number of hydrogen-bond donors (Lipinski definition) is 2. The van der Waals surface area contributed by atoms with Gasteiger partial charge in [0.2, 0.25) is 5.91 Å². The monoisotopic (exact) mass is 421 g/mol. The van der Waals surface area contributed by atoms with Crippen LogP contribution in [0.3, 0.4) is 0 Å². The van der Waals surface area contributed by atoms with Gasteiger partial charge in [0.25, 0.3) is 0 Å². The van der Waals surface area contributed by atoms with E-state index in [9.17, 15) is 9.90 Å². The third-order valence-corrected chi connectivity index (χ3v) is 5.85. The summed E-state index contributed by atoms with van der Waals surface area (Å²) < 4.78 is 0. The summed E-state index contributed by atoms with van der Waals surface area (Å²) in [6.07, 6.45) is 3.12. The molecule has 1 fully saturated rings. The fourth-order valence-electron chi connectivity index (χ4n) is 3.87. The summed E-state index contributed by atoms with van der Waals surface area (Å²) in [6, 6.07) is 19.1. The second-order valence-electron chi connectivity index (χ2n) is 7.63. The first-order chi connectivity index (χ1) is 14.6. The molecule has 0 unspecified atom stereocenters. The Balaban J connectivity index is 1.31. The first kappa shape index (κ1) is 20.4. The minimum absolute atomic E-state index is 0.0512. The molecule has 154 valence electrons. The minimum atomic E-state index is -0.0721. The van der Waals surface area contributed by atoms with Crippen LogP contribution in [0.1, 0.15) is 24.0 Å². The molecule has 0 radical (unpaired) electrons. The highest BCUT2D eigenvalue weighted by atomic mass is 35.5. The van der Waals surface area contributed by atoms with Gasteiger partial charge in [-0.3, -0.25) is 9.69 Å². The number of aromatic hydroxyl groups is 1. The zero-order chi connectivity index (χ0) is 20.9. The summed E-state index contributed by atoms with van der Waals surface area (Å²) in [5.41, 5.74) is 4.48. The predicted molar refractivity (Wildman–Crippen MR) is 121 cm³/mol. The molecular weight excluding hydrogens is 398 g/mol. The van der Waals surface area contributed by atoms with Crippen LogP contribution in [-0.2, 0) is 11.3 Å². The molecule has 1 amide bonds. The predicted octanol–water partition coefficient (Wildman–Crippen LogP) is 4.56. The van der Waals surface area contributed by atoms with E-state index in [1.54, 1.807) is 6.07 Å². The quantitative estimate of drug-likeness (QED) is 0.468. The van der Waals surface area contributed by atoms with Crippen molar-refractivity contribution in [2.75, 3.05) is 13.1 Å². The highest BCUT2D eigenvalue weighted by Gasteiger charge is 2.24. The number of amides is 1. The molecular formula is C24H24ClN3O2. The third kappa shape index (κ3) is 4.81. The van der Waals surface area contributed by atoms with E-state index in [4.69, 9.17) is 11.6 Å². The van der Waals surface area contributed by atoms with Crippen LogP contribution in [0.15, 0.2) is 65.8 Å². The molecule has 1 aliphatic heterocycles. The van der Waals surface area contributed by atoms with Crippen LogP contribution in [0.25, 0.3) is 10.8 Å². The second-order valence-corrected chi connectivity index (χ2v) is 8.07. The number of nitrogens with one attached hydrogen (secondary N) is 1. The summed E-state index contributed by atoms with van der Waals surface area (Å²) >= 11 is 5.94. The Morgan fingerprint density at radius 2 is 1.83 bits per heavy atom. The molecule has 30 heavy (non-hydrogen) atoms. The van der Waals surface area contributed by atoms with Gasteiger partial charge in [-0.25, -0.2) is 5.43 Å². The smallest absolute Gasteiger partial charge is 0.243 e. The molecule has 1 saturated heterocycles. The number of hydrogen-bond acceptors (Lipinski definition) is 4. The SMILES string of the molecule is O=C(NN=Cc1c(O)ccc2ccccc12)C1CCN(Cc2ccc(Cl)cc2)CC1. The average molecular weight is 422 g/mol. The maximum atomic E-state index is 12.5. The van der Waals surface area contributed by atoms with Gasteiger partial charge in [-0.2, -0.15) is 5.10 Å². The van der Waals surface area contributed by atoms with Gasteiger partial charge in [0, 0.05) is 23.0 Å². The van der Waals surface area contributed by atoms with Crippen molar-refractivity contribution in [3.63, 3.8) is 0 Å². The van der Waals surface area contributed by atoms with Gasteiger partial charge >= 0.3 is 0 Å². The summed E-state index contributed by atoms with van der Waals surface area (Å²) in [6.45, 7) is 2.60. The molecule has 0 bridgehead atoms. The van der Waals surface area contributed by atoms with Crippen LogP contribution >= 0.6 is 11.6 Å². The molecule has 6 heteroatoms. The second kappa shape index (κ2) is 9.28. The fraction of sp³-hybridized carbons (Fsp3) is 0.250. The Kier molecular flexibility index (Phi) is 6.31. The standard InChI is InChI=1S/C24H24ClN3O2/c25-20-8-5-17(6-9-20)16-28-13-11-19(12-14-28)24(30)27-26-15-22-21-4-2-1-3-18(21)7-10-23(22)29/h1-10,15,19,29H,11-14,16H2,(H,27,30). The number of carbonyl (C=O) groups excluding carboxylic acids is 1. The minimum Gasteiger partial charge on any atom is -0.507 e. The van der Waals surface area contributed by atoms with E-state index in [0.29, 0.717) is 5.56 Å². The zero-order valence-corrected chi connectivity index (χ0v) is 17.3. The van der Waals surface area contributed by atoms with Gasteiger partial charge in [-0.15, -0.1) is 0 Å². The number of halogens is 1. The van der Waals surface area contributed by atoms with Crippen LogP contribution in [0.4, 0.5) is 0 Å². The van der Waals surface area contributed by atoms with Crippen molar-refractivity contribution >= 4 is 34.5 Å². The molecule has 0 spiro atoms. The number of nitrogens with zero attached hydrogens (tertiary/aromatic N) is 2. The largest absolute Gasteiger partial charge is 0.507 e. The highest BCUT2D eigenvalue weighted by molar-refractivity contribution is 6.30. The Morgan fingerprint density at radius 1 is 1.10 bits per heavy atom. The number of phenols is 1. The molecule has 2 N–H and O–H groups in total. The van der Waals surface area contributed by atoms with E-state index in [1.807, 2.05) is 54.6 Å². The van der Waals surface area contributed by atoms with Crippen molar-refractivity contribution in [2.24, 2.45) is 11.0 Å². The summed E-state index contributed by atoms with van der Waals surface area (Å²) in [7, 11) is 0. The summed E-state index contributed by atoms with van der Waals surface area (Å²) in [5.74, 6) is 0.0176. The molecule has 0 aliphatic carbocycles. The average Bonchev–Trinajstić information content (AvgIpc) is 2.77. The number of piperidine rings is 1. The van der Waals surface area contributed by atoms with Crippen LogP contribution < -0.4 is 5.43 Å². The van der Waals surface area contributed by atoms with Gasteiger partial charge in [0.15, 0.2) is 0 Å². The van der Waals surface area contributed by atoms with Gasteiger partial charge in [0.1, 0.15) is 5.75 Å². The van der Waals surface area contributed by atoms with Gasteiger partial charge in [0.05, 0.1) is 6.21 Å². The number of likely N-dealkylation sites (tertiary alicyclic amines) is 1. The lowest BCUT2D eigenvalue weighted by molar-refractivity contribution is -0.126. The molecule has 0 saturated carbocycles. The maximum absolute atomic E-state index is 12.5. The molecule has 5 nitrogen and oxygen atoms in total. The van der Waals surface area contributed by atoms with Crippen molar-refractivity contribution in [2.45, 2.75) is 19.4 Å². The molecule has 0 atom stereocenters. The molecule has 3 aromatic rings. The van der Waals surface area contributed by atoms with Crippen LogP contribution in [0, 0.1) is 5.92 Å². The van der Waals surface area contributed by atoms with Crippen molar-refractivity contribution in [3.05, 3.63) is 76.8 Å². The molecule has 0 aromatic heterocycles. The van der Waals surface area contributed by atoms with E-state index in [-0.39, 0.29) is 17.6 Å². The lowest BCUT2D eigenvalue weighted by Gasteiger charge is -2.30. The molecule has 1 aliphatic rings. The van der Waals surface area contributed by atoms with E-state index in [2.05, 4.69) is 15.4 Å². The van der Waals surface area contributed by atoms with Crippen LogP contribution in [0.5, 0.6) is 5.75 Å². The topological polar surface area (TPSA) is 64.9 Å². The van der Waals surface area contributed by atoms with Crippen molar-refractivity contribution < 1.29 is 9.90 Å². The first-order valence-corrected chi connectivity index (χ1v) is 10.5. The summed E-state index contributed by atoms with van der Waals surface area (Å²) in [4.78, 5) is 14.9. The Bertz CT molecular complexity index is 1060. The number of phenolic OH excluding ortho intramolecular Hbond substituents is 1. The number of rotatable bonds is 5. The van der Waals surface area contributed by atoms with Crippen molar-refractivity contribution in [3.8, 4) is 5.75 Å². The fourth-order valence-corrected chi connectivity index (χ4v) is 4.00. The van der Waals surface area contributed by atoms with Gasteiger partial charge in [-0.05, 0) is 60.5 Å². The zero-order valence-electron chi connectivity index (χ0n) is 16.6. The van der Waals surface area contributed by atoms with Gasteiger partial charge in [-0.1, -0.05) is 54.1 Å². The van der Waals surface area contributed by atoms with Crippen molar-refractivity contribution in [1.29, 1.82) is 0 Å². The molecule has 1 heterocycles. The first-order valence-electron chi connectivity index (χ1n) is 10.1. The number of fused-ring (bicyclic) bond motifs is 1. The van der Waals surface area contributed by atoms with Crippen molar-refractivity contribution in [1.82, 2.24) is 10.3 Å². The molecule has 3 aromatic carbocycles. The van der Waals surface area contributed by atoms with E-state index in [0.717, 1.165) is 48.3 Å². The Hall–Kier alpha value is -2.89. The Morgan fingerprint density at radius 3 is 2.60 bits per heavy atom. The highest BCUT2D eigenvalue weighted by Crippen LogP contribution is 2.25. The molecule has 4 rings (SSSR count). The van der Waals surface area contributed by atoms with Gasteiger partial charge < -0.3 is 5.11 Å².